The minimum absolute atomic E-state index is 0.0298. The van der Waals surface area contributed by atoms with E-state index in [2.05, 4.69) is 37.2 Å². The smallest absolute Gasteiger partial charge is 0.410 e. The second kappa shape index (κ2) is 30.4. The minimum atomic E-state index is -2.31. The van der Waals surface area contributed by atoms with E-state index < -0.39 is 214 Å². The number of hydrogen-bond acceptors (Lipinski definition) is 23. The van der Waals surface area contributed by atoms with Crippen LogP contribution in [0.3, 0.4) is 0 Å². The molecule has 1 saturated heterocycles. The van der Waals surface area contributed by atoms with Crippen LogP contribution in [0.4, 0.5) is 4.79 Å². The second-order valence-electron chi connectivity index (χ2n) is 26.6. The summed E-state index contributed by atoms with van der Waals surface area (Å²) in [5.41, 5.74) is 2.68. The van der Waals surface area contributed by atoms with Crippen LogP contribution in [0.5, 0.6) is 46.0 Å². The molecule has 6 heterocycles. The molecular formula is C68H80ClN9O23. The monoisotopic (exact) mass is 1430 g/mol. The molecular weight excluding hydrogens is 1350 g/mol. The molecule has 5 aromatic carbocycles. The van der Waals surface area contributed by atoms with Crippen molar-refractivity contribution in [3.8, 4) is 57.1 Å². The molecule has 33 heteroatoms. The molecule has 9 amide bonds. The largest absolute Gasteiger partial charge is 0.508 e. The zero-order chi connectivity index (χ0) is 74.1. The lowest BCUT2D eigenvalue weighted by atomic mass is 9.89. The van der Waals surface area contributed by atoms with Crippen molar-refractivity contribution in [2.45, 2.75) is 165 Å². The van der Waals surface area contributed by atoms with E-state index in [4.69, 9.17) is 41.0 Å². The average Bonchev–Trinajstić information content (AvgIpc) is 0.767. The summed E-state index contributed by atoms with van der Waals surface area (Å²) in [6.45, 7) is 12.0. The fourth-order valence-electron chi connectivity index (χ4n) is 11.8. The molecule has 14 atom stereocenters. The van der Waals surface area contributed by atoms with Crippen molar-refractivity contribution in [1.29, 1.82) is 0 Å². The quantitative estimate of drug-likeness (QED) is 0.0843. The van der Waals surface area contributed by atoms with E-state index >= 15 is 24.0 Å². The lowest BCUT2D eigenvalue weighted by Gasteiger charge is -2.39. The first-order valence-corrected chi connectivity index (χ1v) is 32.3. The summed E-state index contributed by atoms with van der Waals surface area (Å²) in [5.74, 6) is -14.7. The van der Waals surface area contributed by atoms with Gasteiger partial charge in [0.2, 0.25) is 59.3 Å². The maximum Gasteiger partial charge on any atom is 0.410 e. The maximum atomic E-state index is 16.0. The lowest BCUT2D eigenvalue weighted by molar-refractivity contribution is -0.277. The van der Waals surface area contributed by atoms with Crippen molar-refractivity contribution in [2.75, 3.05) is 13.7 Å². The number of aromatic hydroxyl groups is 3. The molecule has 0 aromatic heterocycles. The van der Waals surface area contributed by atoms with Crippen LogP contribution < -0.4 is 57.2 Å². The minimum Gasteiger partial charge on any atom is -0.508 e. The number of primary amides is 1. The Hall–Kier alpha value is -10.1. The first-order valence-electron chi connectivity index (χ1n) is 32.0. The van der Waals surface area contributed by atoms with Crippen molar-refractivity contribution in [3.05, 3.63) is 117 Å². The van der Waals surface area contributed by atoms with Crippen LogP contribution in [0, 0.1) is 12.8 Å². The van der Waals surface area contributed by atoms with Gasteiger partial charge in [0.15, 0.2) is 11.5 Å². The summed E-state index contributed by atoms with van der Waals surface area (Å²) >= 11 is 7.02. The highest BCUT2D eigenvalue weighted by Crippen LogP contribution is 2.49. The number of phenols is 3. The number of carbonyl (C=O) groups excluding carboxylic acids is 9. The molecule has 6 aliphatic rings. The SMILES string of the molecule is Cc1cc2ccc1Oc1cc3cc(c1O[C@@H]1O[C@H](CO)[C@@H](O)[C@H](O)[C@H]1O)Oc1ccc(cc1Cl)[C@@H](O)[C@@H]1NC(=O)[C@H](NC(=O)[C@@H]3NC(=O)[C@H](CC(N)=O)NC(=O)[C@H](NC(=O)[C@@H](CC(C)C)N(C)C(=O)OC(C)(C)C)[C@@H]2O)c2ccc(O)c(c2)-c2c(O)cc(O)cc2[C@@H](C(=O)NC(C)C)NC1=O. The molecule has 11 rings (SSSR count). The maximum absolute atomic E-state index is 16.0. The molecule has 0 unspecified atom stereocenters. The third kappa shape index (κ3) is 16.7. The Morgan fingerprint density at radius 2 is 1.30 bits per heavy atom. The number of phenolic OH excluding ortho intramolecular Hbond substituents is 3. The normalized spacial score (nSPS) is 24.9. The van der Waals surface area contributed by atoms with E-state index in [0.717, 1.165) is 59.5 Å². The van der Waals surface area contributed by atoms with E-state index in [1.165, 1.54) is 38.2 Å². The molecule has 0 spiro atoms. The first-order chi connectivity index (χ1) is 47.4. The molecule has 5 aromatic rings. The van der Waals surface area contributed by atoms with Crippen LogP contribution in [0.2, 0.25) is 5.02 Å². The Balaban J connectivity index is 1.30. The zero-order valence-corrected chi connectivity index (χ0v) is 56.8. The van der Waals surface area contributed by atoms with Gasteiger partial charge in [0.1, 0.15) is 113 Å². The van der Waals surface area contributed by atoms with E-state index in [1.54, 1.807) is 48.5 Å². The summed E-state index contributed by atoms with van der Waals surface area (Å²) < 4.78 is 30.8. The van der Waals surface area contributed by atoms with E-state index in [9.17, 15) is 65.1 Å². The highest BCUT2D eigenvalue weighted by Gasteiger charge is 2.47. The molecule has 1 fully saturated rings. The number of carbonyl (C=O) groups is 9. The van der Waals surface area contributed by atoms with Crippen LogP contribution in [0.1, 0.15) is 125 Å². The van der Waals surface area contributed by atoms with Gasteiger partial charge in [-0.1, -0.05) is 43.6 Å². The number of aliphatic hydroxyl groups is 6. The van der Waals surface area contributed by atoms with E-state index in [0.29, 0.717) is 0 Å². The van der Waals surface area contributed by atoms with Gasteiger partial charge in [-0.15, -0.1) is 0 Å². The fourth-order valence-corrected chi connectivity index (χ4v) is 12.0. The molecule has 18 N–H and O–H groups in total. The van der Waals surface area contributed by atoms with E-state index in [1.807, 2.05) is 0 Å². The predicted molar refractivity (Wildman–Crippen MR) is 353 cm³/mol. The molecule has 0 radical (unpaired) electrons. The van der Waals surface area contributed by atoms with Crippen LogP contribution in [0.25, 0.3) is 11.1 Å². The molecule has 11 bridgehead atoms. The van der Waals surface area contributed by atoms with Gasteiger partial charge < -0.3 is 113 Å². The van der Waals surface area contributed by atoms with Crippen molar-refractivity contribution in [1.82, 2.24) is 42.1 Å². The Kier molecular flexibility index (Phi) is 22.6. The zero-order valence-electron chi connectivity index (χ0n) is 56.0. The number of halogens is 1. The van der Waals surface area contributed by atoms with Crippen LogP contribution in [0.15, 0.2) is 78.9 Å². The van der Waals surface area contributed by atoms with Gasteiger partial charge >= 0.3 is 6.09 Å². The van der Waals surface area contributed by atoms with Gasteiger partial charge in [-0.25, -0.2) is 4.79 Å². The van der Waals surface area contributed by atoms with Gasteiger partial charge in [0.05, 0.1) is 18.1 Å². The summed E-state index contributed by atoms with van der Waals surface area (Å²) in [5, 5.41) is 120. The summed E-state index contributed by atoms with van der Waals surface area (Å²) in [7, 11) is 1.28. The summed E-state index contributed by atoms with van der Waals surface area (Å²) in [4.78, 5) is 134. The molecule has 101 heavy (non-hydrogen) atoms. The Labute approximate surface area is 582 Å². The van der Waals surface area contributed by atoms with Crippen molar-refractivity contribution in [3.63, 3.8) is 0 Å². The molecule has 32 nitrogen and oxygen atoms in total. The number of benzene rings is 5. The van der Waals surface area contributed by atoms with Crippen LogP contribution in [-0.2, 0) is 47.8 Å². The van der Waals surface area contributed by atoms with Gasteiger partial charge in [-0.05, 0) is 142 Å². The number of aliphatic hydroxyl groups excluding tert-OH is 6. The number of hydrogen-bond donors (Lipinski definition) is 17. The van der Waals surface area contributed by atoms with Crippen molar-refractivity contribution < 1.29 is 113 Å². The van der Waals surface area contributed by atoms with Gasteiger partial charge in [0.25, 0.3) is 0 Å². The third-order valence-corrected chi connectivity index (χ3v) is 17.2. The third-order valence-electron chi connectivity index (χ3n) is 16.9. The molecule has 542 valence electrons. The Bertz CT molecular complexity index is 4070. The van der Waals surface area contributed by atoms with Crippen LogP contribution >= 0.6 is 11.6 Å². The van der Waals surface area contributed by atoms with Crippen molar-refractivity contribution >= 4 is 65.0 Å². The number of aryl methyl sites for hydroxylation is 1. The lowest BCUT2D eigenvalue weighted by Crippen LogP contribution is -2.60. The number of nitrogens with two attached hydrogens (primary N) is 1. The number of rotatable bonds is 12. The van der Waals surface area contributed by atoms with Gasteiger partial charge in [-0.3, -0.25) is 43.3 Å². The topological polar surface area (TPSA) is 495 Å². The summed E-state index contributed by atoms with van der Waals surface area (Å²) in [6, 6.07) is -0.389. The average molecular weight is 1430 g/mol. The van der Waals surface area contributed by atoms with Gasteiger partial charge in [0, 0.05) is 30.3 Å². The Morgan fingerprint density at radius 3 is 1.91 bits per heavy atom. The second-order valence-corrected chi connectivity index (χ2v) is 27.0. The predicted octanol–water partition coefficient (Wildman–Crippen LogP) is 1.61. The number of likely N-dealkylation sites (N-methyl/N-ethyl adjacent to an activating group) is 1. The highest BCUT2D eigenvalue weighted by molar-refractivity contribution is 6.32. The number of fused-ring (bicyclic) bond motifs is 15. The molecule has 6 aliphatic heterocycles. The molecule has 0 saturated carbocycles. The number of nitrogens with one attached hydrogen (secondary N) is 7. The highest BCUT2D eigenvalue weighted by atomic mass is 35.5. The molecule has 0 aliphatic carbocycles. The fraction of sp³-hybridized carbons (Fsp3) is 0.426. The van der Waals surface area contributed by atoms with Crippen molar-refractivity contribution in [2.24, 2.45) is 11.7 Å². The standard InChI is InChI=1S/C68H80ClN9O23/c1-26(2)16-38(78(9)67(96)101-68(6,7)8)60(90)76-51-53(84)30-11-14-41(28(5)17-30)97-43-20-32-21-44(58(43)100-66-57(88)56(87)55(86)45(25-79)99-66)98-42-15-12-31(19-36(42)69)54(85)52-65(95)75-50(63(93)71-27(3)4)35-22-33(80)23-40(82)47(35)34-18-29(10-13-39(34)81)48(61(91)77-52)74-62(92)49(32)73-59(89)37(24-46(70)83)72-64(51)94/h10-15,17-23,26-27,37-38,45,48-57,66,79-82,84-88H,16,24-25H2,1-9H3,(H2,70,83)(H,71,93)(H,72,94)(H,73,89)(H,74,92)(H,75,95)(H,76,90)(H,77,91)/t37-,38+,45+,48+,49+,50-,51+,52-,53+,54+,55+,56-,57+,66-/m0/s1. The van der Waals surface area contributed by atoms with Crippen LogP contribution in [-0.4, -0.2) is 184 Å². The number of nitrogens with zero attached hydrogens (tertiary/aromatic N) is 1. The Morgan fingerprint density at radius 1 is 0.683 bits per heavy atom. The van der Waals surface area contributed by atoms with E-state index in [-0.39, 0.29) is 57.2 Å². The van der Waals surface area contributed by atoms with Gasteiger partial charge in [-0.2, -0.15) is 0 Å². The summed E-state index contributed by atoms with van der Waals surface area (Å²) in [6.07, 6.45) is -16.1. The first kappa shape index (κ1) is 75.1. The number of amides is 9. The number of ether oxygens (including phenoxy) is 5.